The van der Waals surface area contributed by atoms with Crippen LogP contribution < -0.4 is 5.73 Å². The highest BCUT2D eigenvalue weighted by Crippen LogP contribution is 2.23. The van der Waals surface area contributed by atoms with Crippen LogP contribution in [0.5, 0.6) is 0 Å². The topological polar surface area (TPSA) is 35.2 Å². The van der Waals surface area contributed by atoms with Crippen molar-refractivity contribution < 1.29 is 4.74 Å². The van der Waals surface area contributed by atoms with Crippen molar-refractivity contribution in [3.63, 3.8) is 0 Å². The van der Waals surface area contributed by atoms with E-state index in [4.69, 9.17) is 10.5 Å². The maximum absolute atomic E-state index is 5.97. The van der Waals surface area contributed by atoms with Crippen molar-refractivity contribution in [2.75, 3.05) is 6.61 Å². The molecule has 0 radical (unpaired) electrons. The molecule has 98 valence electrons. The smallest absolute Gasteiger partial charge is 0.0980 e. The average molecular weight is 255 g/mol. The van der Waals surface area contributed by atoms with Crippen molar-refractivity contribution in [3.8, 4) is 0 Å². The van der Waals surface area contributed by atoms with Gasteiger partial charge in [0.25, 0.3) is 0 Å². The molecule has 0 amide bonds. The molecule has 1 aromatic heterocycles. The summed E-state index contributed by atoms with van der Waals surface area (Å²) in [5, 5.41) is 4.21. The predicted octanol–water partition coefficient (Wildman–Crippen LogP) is 4.12. The lowest BCUT2D eigenvalue weighted by molar-refractivity contribution is 0.0361. The van der Waals surface area contributed by atoms with Crippen molar-refractivity contribution in [3.05, 3.63) is 22.4 Å². The van der Waals surface area contributed by atoms with E-state index in [-0.39, 0.29) is 12.1 Å². The van der Waals surface area contributed by atoms with Gasteiger partial charge in [0.05, 0.1) is 6.10 Å². The van der Waals surface area contributed by atoms with Crippen LogP contribution in [0.4, 0.5) is 0 Å². The minimum Gasteiger partial charge on any atom is -0.372 e. The summed E-state index contributed by atoms with van der Waals surface area (Å²) in [7, 11) is 0. The van der Waals surface area contributed by atoms with Crippen LogP contribution in [0.15, 0.2) is 16.8 Å². The van der Waals surface area contributed by atoms with E-state index in [9.17, 15) is 0 Å². The lowest BCUT2D eigenvalue weighted by Crippen LogP contribution is -2.27. The number of nitrogens with two attached hydrogens (primary N) is 1. The number of thiophene rings is 1. The SMILES string of the molecule is CCCCCCCOC(c1ccsc1)C(C)N. The summed E-state index contributed by atoms with van der Waals surface area (Å²) in [6, 6.07) is 2.16. The first kappa shape index (κ1) is 14.7. The Balaban J connectivity index is 2.22. The van der Waals surface area contributed by atoms with E-state index < -0.39 is 0 Å². The van der Waals surface area contributed by atoms with Crippen LogP contribution in [0, 0.1) is 0 Å². The third-order valence-corrected chi connectivity index (χ3v) is 3.60. The van der Waals surface area contributed by atoms with Gasteiger partial charge in [-0.25, -0.2) is 0 Å². The van der Waals surface area contributed by atoms with E-state index in [1.807, 2.05) is 6.92 Å². The van der Waals surface area contributed by atoms with Crippen molar-refractivity contribution in [2.45, 2.75) is 58.1 Å². The molecule has 2 atom stereocenters. The van der Waals surface area contributed by atoms with E-state index >= 15 is 0 Å². The monoisotopic (exact) mass is 255 g/mol. The molecule has 0 saturated heterocycles. The summed E-state index contributed by atoms with van der Waals surface area (Å²) >= 11 is 1.70. The van der Waals surface area contributed by atoms with E-state index in [1.54, 1.807) is 11.3 Å². The summed E-state index contributed by atoms with van der Waals surface area (Å²) in [4.78, 5) is 0. The van der Waals surface area contributed by atoms with Gasteiger partial charge in [0.15, 0.2) is 0 Å². The highest BCUT2D eigenvalue weighted by atomic mass is 32.1. The highest BCUT2D eigenvalue weighted by Gasteiger charge is 2.16. The molecule has 2 N–H and O–H groups in total. The Bertz CT molecular complexity index is 272. The van der Waals surface area contributed by atoms with Gasteiger partial charge in [-0.05, 0) is 35.7 Å². The second kappa shape index (κ2) is 8.67. The van der Waals surface area contributed by atoms with Gasteiger partial charge >= 0.3 is 0 Å². The minimum atomic E-state index is 0.0558. The van der Waals surface area contributed by atoms with Gasteiger partial charge in [-0.2, -0.15) is 11.3 Å². The maximum Gasteiger partial charge on any atom is 0.0980 e. The van der Waals surface area contributed by atoms with Gasteiger partial charge in [-0.3, -0.25) is 0 Å². The summed E-state index contributed by atoms with van der Waals surface area (Å²) in [6.45, 7) is 5.07. The zero-order valence-electron chi connectivity index (χ0n) is 11.0. The van der Waals surface area contributed by atoms with Crippen LogP contribution in [-0.4, -0.2) is 12.6 Å². The maximum atomic E-state index is 5.97. The summed E-state index contributed by atoms with van der Waals surface area (Å²) in [5.41, 5.74) is 7.19. The van der Waals surface area contributed by atoms with E-state index in [2.05, 4.69) is 23.8 Å². The van der Waals surface area contributed by atoms with Gasteiger partial charge < -0.3 is 10.5 Å². The molecule has 1 aromatic rings. The Hall–Kier alpha value is -0.380. The highest BCUT2D eigenvalue weighted by molar-refractivity contribution is 7.07. The van der Waals surface area contributed by atoms with Crippen molar-refractivity contribution in [1.29, 1.82) is 0 Å². The van der Waals surface area contributed by atoms with Crippen molar-refractivity contribution in [1.82, 2.24) is 0 Å². The molecule has 1 rings (SSSR count). The van der Waals surface area contributed by atoms with Gasteiger partial charge in [-0.15, -0.1) is 0 Å². The molecule has 0 aliphatic carbocycles. The van der Waals surface area contributed by atoms with Crippen LogP contribution in [0.3, 0.4) is 0 Å². The molecule has 1 heterocycles. The van der Waals surface area contributed by atoms with Gasteiger partial charge in [0.2, 0.25) is 0 Å². The van der Waals surface area contributed by atoms with Crippen molar-refractivity contribution >= 4 is 11.3 Å². The van der Waals surface area contributed by atoms with Crippen LogP contribution in [0.2, 0.25) is 0 Å². The largest absolute Gasteiger partial charge is 0.372 e. The Morgan fingerprint density at radius 3 is 2.65 bits per heavy atom. The molecule has 3 heteroatoms. The second-order valence-electron chi connectivity index (χ2n) is 4.62. The molecule has 2 nitrogen and oxygen atoms in total. The first-order chi connectivity index (χ1) is 8.25. The fourth-order valence-corrected chi connectivity index (χ4v) is 2.59. The first-order valence-corrected chi connectivity index (χ1v) is 7.59. The zero-order chi connectivity index (χ0) is 12.5. The summed E-state index contributed by atoms with van der Waals surface area (Å²) in [5.74, 6) is 0. The first-order valence-electron chi connectivity index (χ1n) is 6.65. The molecule has 17 heavy (non-hydrogen) atoms. The van der Waals surface area contributed by atoms with Gasteiger partial charge in [0, 0.05) is 12.6 Å². The molecule has 0 aromatic carbocycles. The quantitative estimate of drug-likeness (QED) is 0.674. The number of hydrogen-bond donors (Lipinski definition) is 1. The molecule has 2 unspecified atom stereocenters. The molecular weight excluding hydrogens is 230 g/mol. The molecule has 0 aliphatic heterocycles. The second-order valence-corrected chi connectivity index (χ2v) is 5.40. The molecule has 0 bridgehead atoms. The van der Waals surface area contributed by atoms with Crippen LogP contribution in [-0.2, 0) is 4.74 Å². The van der Waals surface area contributed by atoms with Crippen LogP contribution in [0.1, 0.15) is 57.6 Å². The fraction of sp³-hybridized carbons (Fsp3) is 0.714. The van der Waals surface area contributed by atoms with E-state index in [0.717, 1.165) is 13.0 Å². The molecule has 0 saturated carbocycles. The molecule has 0 fully saturated rings. The number of unbranched alkanes of at least 4 members (excludes halogenated alkanes) is 4. The number of rotatable bonds is 9. The Morgan fingerprint density at radius 2 is 2.06 bits per heavy atom. The molecule has 0 spiro atoms. The molecule has 0 aliphatic rings. The predicted molar refractivity (Wildman–Crippen MR) is 75.4 cm³/mol. The van der Waals surface area contributed by atoms with Crippen LogP contribution >= 0.6 is 11.3 Å². The van der Waals surface area contributed by atoms with Gasteiger partial charge in [-0.1, -0.05) is 32.6 Å². The third-order valence-electron chi connectivity index (χ3n) is 2.89. The number of ether oxygens (including phenoxy) is 1. The third kappa shape index (κ3) is 5.66. The van der Waals surface area contributed by atoms with Crippen molar-refractivity contribution in [2.24, 2.45) is 5.73 Å². The average Bonchev–Trinajstić information content (AvgIpc) is 2.81. The summed E-state index contributed by atoms with van der Waals surface area (Å²) < 4.78 is 5.91. The fourth-order valence-electron chi connectivity index (χ4n) is 1.90. The Kier molecular flexibility index (Phi) is 7.49. The number of hydrogen-bond acceptors (Lipinski definition) is 3. The minimum absolute atomic E-state index is 0.0558. The molecular formula is C14H25NOS. The Labute approximate surface area is 109 Å². The zero-order valence-corrected chi connectivity index (χ0v) is 11.8. The standard InChI is InChI=1S/C14H25NOS/c1-3-4-5-6-7-9-16-14(12(2)15)13-8-10-17-11-13/h8,10-12,14H,3-7,9,15H2,1-2H3. The normalized spacial score (nSPS) is 14.8. The van der Waals surface area contributed by atoms with Gasteiger partial charge in [0.1, 0.15) is 0 Å². The lowest BCUT2D eigenvalue weighted by atomic mass is 10.1. The van der Waals surface area contributed by atoms with E-state index in [0.29, 0.717) is 0 Å². The summed E-state index contributed by atoms with van der Waals surface area (Å²) in [6.07, 6.45) is 6.42. The lowest BCUT2D eigenvalue weighted by Gasteiger charge is -2.20. The Morgan fingerprint density at radius 1 is 1.29 bits per heavy atom. The van der Waals surface area contributed by atoms with Crippen LogP contribution in [0.25, 0.3) is 0 Å². The van der Waals surface area contributed by atoms with E-state index in [1.165, 1.54) is 31.2 Å².